The molecule has 2 rings (SSSR count). The molecule has 0 aliphatic carbocycles. The highest BCUT2D eigenvalue weighted by molar-refractivity contribution is 5.92. The van der Waals surface area contributed by atoms with Gasteiger partial charge in [0.25, 0.3) is 0 Å². The lowest BCUT2D eigenvalue weighted by Gasteiger charge is -2.36. The first-order valence-corrected chi connectivity index (χ1v) is 13.1. The van der Waals surface area contributed by atoms with Gasteiger partial charge >= 0.3 is 6.09 Å². The number of ether oxygens (including phenoxy) is 1. The Morgan fingerprint density at radius 2 is 1.59 bits per heavy atom. The van der Waals surface area contributed by atoms with Crippen LogP contribution in [0.1, 0.15) is 77.6 Å². The van der Waals surface area contributed by atoms with Crippen LogP contribution in [0.4, 0.5) is 4.79 Å². The monoisotopic (exact) mass is 535 g/mol. The predicted molar refractivity (Wildman–Crippen MR) is 152 cm³/mol. The molecule has 3 N–H and O–H groups in total. The van der Waals surface area contributed by atoms with Crippen LogP contribution < -0.4 is 10.6 Å². The molecule has 8 heteroatoms. The third-order valence-corrected chi connectivity index (χ3v) is 5.56. The van der Waals surface area contributed by atoms with E-state index in [0.717, 1.165) is 0 Å². The Bertz CT molecular complexity index is 1170. The number of alkyl carbamates (subject to hydrolysis) is 1. The normalized spacial score (nSPS) is 13.0. The number of nitrogens with zero attached hydrogens (tertiary/aromatic N) is 1. The topological polar surface area (TPSA) is 108 Å². The highest BCUT2D eigenvalue weighted by atomic mass is 16.6. The van der Waals surface area contributed by atoms with E-state index in [1.54, 1.807) is 57.2 Å². The number of benzene rings is 2. The lowest BCUT2D eigenvalue weighted by molar-refractivity contribution is -0.143. The first-order chi connectivity index (χ1) is 18.1. The van der Waals surface area contributed by atoms with Crippen molar-refractivity contribution in [3.05, 3.63) is 65.2 Å². The van der Waals surface area contributed by atoms with E-state index in [2.05, 4.69) is 16.6 Å². The minimum atomic E-state index is -1.04. The van der Waals surface area contributed by atoms with Gasteiger partial charge in [-0.05, 0) is 83.4 Å². The molecule has 8 nitrogen and oxygen atoms in total. The fourth-order valence-corrected chi connectivity index (χ4v) is 4.00. The molecular formula is C31H41N3O5. The molecule has 210 valence electrons. The number of nitrogens with one attached hydrogen (secondary N) is 2. The summed E-state index contributed by atoms with van der Waals surface area (Å²) in [5.74, 6) is 1.87. The molecule has 0 spiro atoms. The van der Waals surface area contributed by atoms with Crippen molar-refractivity contribution in [3.8, 4) is 18.1 Å². The molecule has 2 atom stereocenters. The molecule has 0 saturated carbocycles. The van der Waals surface area contributed by atoms with Crippen molar-refractivity contribution in [2.75, 3.05) is 6.54 Å². The van der Waals surface area contributed by atoms with Gasteiger partial charge in [0.1, 0.15) is 23.4 Å². The maximum absolute atomic E-state index is 14.2. The minimum absolute atomic E-state index is 0.0867. The Balaban J connectivity index is 2.55. The van der Waals surface area contributed by atoms with Gasteiger partial charge in [0.15, 0.2) is 0 Å². The highest BCUT2D eigenvalue weighted by Crippen LogP contribution is 2.25. The second-order valence-corrected chi connectivity index (χ2v) is 11.5. The molecule has 0 radical (unpaired) electrons. The Labute approximate surface area is 232 Å². The van der Waals surface area contributed by atoms with Gasteiger partial charge in [-0.25, -0.2) is 4.79 Å². The standard InChI is InChI=1S/C31H41N3O5/c1-9-19-34(26(27(36)33-30(3,4)5)23-15-11-21(10-2)12-16-23)28(37)25(32-29(38)39-31(6,7)8)20-22-13-17-24(35)18-14-22/h2,11-18,25-26,35H,9,19-20H2,1,3-8H3,(H,32,38)(H,33,36). The molecule has 39 heavy (non-hydrogen) atoms. The lowest BCUT2D eigenvalue weighted by Crippen LogP contribution is -2.55. The second kappa shape index (κ2) is 13.2. The first-order valence-electron chi connectivity index (χ1n) is 13.1. The van der Waals surface area contributed by atoms with Crippen molar-refractivity contribution in [3.63, 3.8) is 0 Å². The summed E-state index contributed by atoms with van der Waals surface area (Å²) in [6, 6.07) is 11.3. The van der Waals surface area contributed by atoms with Crippen LogP contribution in [0.2, 0.25) is 0 Å². The summed E-state index contributed by atoms with van der Waals surface area (Å²) in [5, 5.41) is 15.4. The number of phenolic OH excluding ortho intramolecular Hbond substituents is 1. The van der Waals surface area contributed by atoms with Gasteiger partial charge in [-0.15, -0.1) is 6.42 Å². The molecule has 0 bridgehead atoms. The van der Waals surface area contributed by atoms with E-state index in [4.69, 9.17) is 11.2 Å². The van der Waals surface area contributed by atoms with Crippen LogP contribution in [-0.4, -0.2) is 51.6 Å². The van der Waals surface area contributed by atoms with Gasteiger partial charge in [0, 0.05) is 24.1 Å². The first kappa shape index (κ1) is 31.2. The van der Waals surface area contributed by atoms with Crippen LogP contribution >= 0.6 is 0 Å². The Morgan fingerprint density at radius 3 is 2.08 bits per heavy atom. The summed E-state index contributed by atoms with van der Waals surface area (Å²) in [7, 11) is 0. The summed E-state index contributed by atoms with van der Waals surface area (Å²) < 4.78 is 5.44. The molecule has 0 heterocycles. The van der Waals surface area contributed by atoms with Gasteiger partial charge in [-0.2, -0.15) is 0 Å². The van der Waals surface area contributed by atoms with Crippen molar-refractivity contribution >= 4 is 17.9 Å². The zero-order valence-electron chi connectivity index (χ0n) is 24.0. The molecule has 0 saturated heterocycles. The largest absolute Gasteiger partial charge is 0.508 e. The molecule has 2 aromatic rings. The van der Waals surface area contributed by atoms with Gasteiger partial charge in [0.2, 0.25) is 11.8 Å². The number of amides is 3. The van der Waals surface area contributed by atoms with Crippen LogP contribution in [0.5, 0.6) is 5.75 Å². The van der Waals surface area contributed by atoms with Crippen molar-refractivity contribution < 1.29 is 24.2 Å². The number of phenols is 1. The Morgan fingerprint density at radius 1 is 1.00 bits per heavy atom. The zero-order chi connectivity index (χ0) is 29.4. The van der Waals surface area contributed by atoms with Gasteiger partial charge in [0.05, 0.1) is 0 Å². The number of carbonyl (C=O) groups excluding carboxylic acids is 3. The molecule has 0 aliphatic heterocycles. The summed E-state index contributed by atoms with van der Waals surface area (Å²) >= 11 is 0. The van der Waals surface area contributed by atoms with Crippen LogP contribution in [0.15, 0.2) is 48.5 Å². The Hall–Kier alpha value is -3.99. The van der Waals surface area contributed by atoms with Crippen molar-refractivity contribution in [1.82, 2.24) is 15.5 Å². The average molecular weight is 536 g/mol. The predicted octanol–water partition coefficient (Wildman–Crippen LogP) is 4.70. The average Bonchev–Trinajstić information content (AvgIpc) is 2.82. The van der Waals surface area contributed by atoms with Crippen molar-refractivity contribution in [2.24, 2.45) is 0 Å². The number of hydrogen-bond acceptors (Lipinski definition) is 5. The number of terminal acetylenes is 1. The third kappa shape index (κ3) is 10.0. The summed E-state index contributed by atoms with van der Waals surface area (Å²) in [5.41, 5.74) is 0.646. The van der Waals surface area contributed by atoms with E-state index in [0.29, 0.717) is 23.1 Å². The molecule has 2 aromatic carbocycles. The van der Waals surface area contributed by atoms with E-state index in [1.807, 2.05) is 27.7 Å². The van der Waals surface area contributed by atoms with Gasteiger partial charge in [-0.1, -0.05) is 37.1 Å². The number of rotatable bonds is 9. The second-order valence-electron chi connectivity index (χ2n) is 11.5. The highest BCUT2D eigenvalue weighted by Gasteiger charge is 2.37. The van der Waals surface area contributed by atoms with Crippen LogP contribution in [-0.2, 0) is 20.7 Å². The van der Waals surface area contributed by atoms with E-state index in [1.165, 1.54) is 17.0 Å². The molecule has 0 aliphatic rings. The SMILES string of the molecule is C#Cc1ccc(C(C(=O)NC(C)(C)C)N(CCC)C(=O)C(Cc2ccc(O)cc2)NC(=O)OC(C)(C)C)cc1. The molecule has 3 amide bonds. The number of aromatic hydroxyl groups is 1. The Kier molecular flexibility index (Phi) is 10.6. The quantitative estimate of drug-likeness (QED) is 0.403. The molecule has 0 aromatic heterocycles. The molecular weight excluding hydrogens is 494 g/mol. The van der Waals surface area contributed by atoms with Gasteiger partial charge in [-0.3, -0.25) is 9.59 Å². The zero-order valence-corrected chi connectivity index (χ0v) is 24.0. The summed E-state index contributed by atoms with van der Waals surface area (Å²) in [4.78, 5) is 42.2. The molecule has 0 fully saturated rings. The third-order valence-electron chi connectivity index (χ3n) is 5.56. The lowest BCUT2D eigenvalue weighted by atomic mass is 9.98. The minimum Gasteiger partial charge on any atom is -0.508 e. The van der Waals surface area contributed by atoms with E-state index < -0.39 is 35.2 Å². The smallest absolute Gasteiger partial charge is 0.408 e. The summed E-state index contributed by atoms with van der Waals surface area (Å²) in [6.07, 6.45) is 5.48. The maximum Gasteiger partial charge on any atom is 0.408 e. The van der Waals surface area contributed by atoms with Gasteiger partial charge < -0.3 is 25.4 Å². The van der Waals surface area contributed by atoms with E-state index in [9.17, 15) is 19.5 Å². The summed E-state index contributed by atoms with van der Waals surface area (Å²) in [6.45, 7) is 13.0. The van der Waals surface area contributed by atoms with Crippen molar-refractivity contribution in [1.29, 1.82) is 0 Å². The van der Waals surface area contributed by atoms with E-state index >= 15 is 0 Å². The van der Waals surface area contributed by atoms with E-state index in [-0.39, 0.29) is 24.6 Å². The van der Waals surface area contributed by atoms with Crippen LogP contribution in [0.3, 0.4) is 0 Å². The van der Waals surface area contributed by atoms with Crippen molar-refractivity contribution in [2.45, 2.75) is 84.5 Å². The number of carbonyl (C=O) groups is 3. The molecule has 2 unspecified atom stereocenters. The number of hydrogen-bond donors (Lipinski definition) is 3. The van der Waals surface area contributed by atoms with Crippen LogP contribution in [0.25, 0.3) is 0 Å². The fourth-order valence-electron chi connectivity index (χ4n) is 4.00. The fraction of sp³-hybridized carbons (Fsp3) is 0.452. The van der Waals surface area contributed by atoms with Crippen LogP contribution in [0, 0.1) is 12.3 Å². The maximum atomic E-state index is 14.2.